The summed E-state index contributed by atoms with van der Waals surface area (Å²) in [6.45, 7) is 9.40. The zero-order valence-electron chi connectivity index (χ0n) is 14.9. The van der Waals surface area contributed by atoms with E-state index in [2.05, 4.69) is 20.1 Å². The van der Waals surface area contributed by atoms with Gasteiger partial charge in [0.05, 0.1) is 12.5 Å². The van der Waals surface area contributed by atoms with Gasteiger partial charge in [-0.25, -0.2) is 0 Å². The lowest BCUT2D eigenvalue weighted by molar-refractivity contribution is -0.0664. The lowest BCUT2D eigenvalue weighted by Gasteiger charge is -2.15. The molecule has 0 aromatic heterocycles. The highest BCUT2D eigenvalue weighted by Crippen LogP contribution is 2.14. The highest BCUT2D eigenvalue weighted by molar-refractivity contribution is 4.59. The molecule has 2 nitrogen and oxygen atoms in total. The molecule has 0 aliphatic rings. The summed E-state index contributed by atoms with van der Waals surface area (Å²) in [5.74, 6) is 0. The van der Waals surface area contributed by atoms with Crippen LogP contribution in [-0.4, -0.2) is 6.29 Å². The van der Waals surface area contributed by atoms with E-state index < -0.39 is 0 Å². The average molecular weight is 311 g/mol. The molecule has 2 heteroatoms. The van der Waals surface area contributed by atoms with E-state index in [0.717, 1.165) is 12.8 Å². The fourth-order valence-corrected chi connectivity index (χ4v) is 2.71. The first kappa shape index (κ1) is 21.1. The Bertz CT molecular complexity index is 228. The first-order chi connectivity index (χ1) is 10.8. The van der Waals surface area contributed by atoms with E-state index in [0.29, 0.717) is 0 Å². The summed E-state index contributed by atoms with van der Waals surface area (Å²) in [6.07, 6.45) is 21.4. The Morgan fingerprint density at radius 1 is 0.636 bits per heavy atom. The number of rotatable bonds is 18. The fourth-order valence-electron chi connectivity index (χ4n) is 2.71. The van der Waals surface area contributed by atoms with Crippen LogP contribution in [0.1, 0.15) is 96.8 Å². The molecule has 0 rings (SSSR count). The highest BCUT2D eigenvalue weighted by atomic mass is 16.7. The van der Waals surface area contributed by atoms with Crippen LogP contribution in [-0.2, 0) is 9.47 Å². The molecule has 0 amide bonds. The van der Waals surface area contributed by atoms with Crippen LogP contribution in [0, 0.1) is 0 Å². The summed E-state index contributed by atoms with van der Waals surface area (Å²) in [6, 6.07) is 0. The third-order valence-electron chi connectivity index (χ3n) is 4.04. The molecule has 0 aliphatic carbocycles. The van der Waals surface area contributed by atoms with Gasteiger partial charge in [-0.1, -0.05) is 97.1 Å². The van der Waals surface area contributed by atoms with Gasteiger partial charge in [0.1, 0.15) is 0 Å². The second-order valence-electron chi connectivity index (χ2n) is 6.07. The van der Waals surface area contributed by atoms with Crippen molar-refractivity contribution in [3.63, 3.8) is 0 Å². The summed E-state index contributed by atoms with van der Waals surface area (Å²) in [5, 5.41) is 0. The summed E-state index contributed by atoms with van der Waals surface area (Å²) < 4.78 is 10.5. The van der Waals surface area contributed by atoms with E-state index in [1.54, 1.807) is 0 Å². The summed E-state index contributed by atoms with van der Waals surface area (Å²) in [5.41, 5.74) is 0. The number of ether oxygens (including phenoxy) is 2. The smallest absolute Gasteiger partial charge is 0.239 e. The lowest BCUT2D eigenvalue weighted by Crippen LogP contribution is -2.11. The zero-order valence-corrected chi connectivity index (χ0v) is 14.9. The summed E-state index contributed by atoms with van der Waals surface area (Å²) >= 11 is 0. The van der Waals surface area contributed by atoms with Crippen LogP contribution in [0.15, 0.2) is 25.7 Å². The lowest BCUT2D eigenvalue weighted by atomic mass is 10.0. The molecule has 0 radical (unpaired) electrons. The maximum atomic E-state index is 5.26. The summed E-state index contributed by atoms with van der Waals surface area (Å²) in [7, 11) is 0. The molecule has 0 N–H and O–H groups in total. The predicted octanol–water partition coefficient (Wildman–Crippen LogP) is 7.11. The first-order valence-electron chi connectivity index (χ1n) is 9.37. The van der Waals surface area contributed by atoms with Crippen LogP contribution in [0.4, 0.5) is 0 Å². The third-order valence-corrected chi connectivity index (χ3v) is 4.04. The first-order valence-corrected chi connectivity index (χ1v) is 9.37. The molecule has 0 spiro atoms. The topological polar surface area (TPSA) is 18.5 Å². The number of hydrogen-bond acceptors (Lipinski definition) is 2. The van der Waals surface area contributed by atoms with Gasteiger partial charge in [0, 0.05) is 6.42 Å². The van der Waals surface area contributed by atoms with E-state index in [1.165, 1.54) is 89.6 Å². The van der Waals surface area contributed by atoms with Crippen molar-refractivity contribution in [2.75, 3.05) is 0 Å². The quantitative estimate of drug-likeness (QED) is 0.152. The van der Waals surface area contributed by atoms with Crippen LogP contribution < -0.4 is 0 Å². The molecule has 0 aromatic rings. The largest absolute Gasteiger partial charge is 0.463 e. The SMILES string of the molecule is C=COC(CCCCCCCCCCCCCCC)OC=C. The molecule has 130 valence electrons. The minimum atomic E-state index is -0.206. The Morgan fingerprint density at radius 3 is 1.36 bits per heavy atom. The van der Waals surface area contributed by atoms with Crippen LogP contribution in [0.5, 0.6) is 0 Å². The Labute approximate surface area is 139 Å². The van der Waals surface area contributed by atoms with Gasteiger partial charge in [-0.05, 0) is 6.42 Å². The minimum Gasteiger partial charge on any atom is -0.463 e. The molecule has 0 fully saturated rings. The van der Waals surface area contributed by atoms with E-state index in [1.807, 2.05) is 0 Å². The number of unbranched alkanes of at least 4 members (excludes halogenated alkanes) is 12. The van der Waals surface area contributed by atoms with Gasteiger partial charge in [-0.2, -0.15) is 0 Å². The van der Waals surface area contributed by atoms with Gasteiger partial charge in [0.25, 0.3) is 0 Å². The molecule has 0 aromatic carbocycles. The average Bonchev–Trinajstić information content (AvgIpc) is 2.52. The normalized spacial score (nSPS) is 10.6. The minimum absolute atomic E-state index is 0.206. The van der Waals surface area contributed by atoms with Gasteiger partial charge in [-0.3, -0.25) is 0 Å². The Kier molecular flexibility index (Phi) is 17.4. The van der Waals surface area contributed by atoms with Crippen molar-refractivity contribution < 1.29 is 9.47 Å². The molecule has 0 bridgehead atoms. The molecular formula is C20H38O2. The molecule has 0 unspecified atom stereocenters. The van der Waals surface area contributed by atoms with Crippen molar-refractivity contribution in [1.82, 2.24) is 0 Å². The maximum absolute atomic E-state index is 5.26. The van der Waals surface area contributed by atoms with Gasteiger partial charge in [0.15, 0.2) is 0 Å². The van der Waals surface area contributed by atoms with E-state index in [9.17, 15) is 0 Å². The van der Waals surface area contributed by atoms with Crippen molar-refractivity contribution in [2.24, 2.45) is 0 Å². The molecule has 0 saturated heterocycles. The van der Waals surface area contributed by atoms with Crippen molar-refractivity contribution in [2.45, 2.75) is 103 Å². The Hall–Kier alpha value is -0.920. The second-order valence-corrected chi connectivity index (χ2v) is 6.07. The van der Waals surface area contributed by atoms with Crippen LogP contribution >= 0.6 is 0 Å². The van der Waals surface area contributed by atoms with Gasteiger partial charge in [-0.15, -0.1) is 0 Å². The monoisotopic (exact) mass is 310 g/mol. The van der Waals surface area contributed by atoms with Gasteiger partial charge < -0.3 is 9.47 Å². The van der Waals surface area contributed by atoms with Crippen molar-refractivity contribution >= 4 is 0 Å². The van der Waals surface area contributed by atoms with E-state index in [-0.39, 0.29) is 6.29 Å². The number of hydrogen-bond donors (Lipinski definition) is 0. The molecular weight excluding hydrogens is 272 g/mol. The van der Waals surface area contributed by atoms with Crippen LogP contribution in [0.2, 0.25) is 0 Å². The standard InChI is InChI=1S/C20H38O2/c1-4-7-8-9-10-11-12-13-14-15-16-17-18-19-20(21-5-2)22-6-3/h5-6,20H,2-4,7-19H2,1H3. The molecule has 22 heavy (non-hydrogen) atoms. The maximum Gasteiger partial charge on any atom is 0.239 e. The van der Waals surface area contributed by atoms with Crippen molar-refractivity contribution in [3.05, 3.63) is 25.7 Å². The molecule has 0 saturated carbocycles. The predicted molar refractivity (Wildman–Crippen MR) is 96.7 cm³/mol. The second kappa shape index (κ2) is 18.1. The molecule has 0 atom stereocenters. The van der Waals surface area contributed by atoms with Gasteiger partial charge >= 0.3 is 0 Å². The third kappa shape index (κ3) is 15.5. The molecule has 0 heterocycles. The summed E-state index contributed by atoms with van der Waals surface area (Å²) in [4.78, 5) is 0. The molecule has 0 aliphatic heterocycles. The zero-order chi connectivity index (χ0) is 16.3. The van der Waals surface area contributed by atoms with Crippen LogP contribution in [0.3, 0.4) is 0 Å². The fraction of sp³-hybridized carbons (Fsp3) is 0.800. The highest BCUT2D eigenvalue weighted by Gasteiger charge is 2.06. The van der Waals surface area contributed by atoms with E-state index in [4.69, 9.17) is 9.47 Å². The van der Waals surface area contributed by atoms with Gasteiger partial charge in [0.2, 0.25) is 6.29 Å². The van der Waals surface area contributed by atoms with Crippen molar-refractivity contribution in [1.29, 1.82) is 0 Å². The Balaban J connectivity index is 3.19. The van der Waals surface area contributed by atoms with Crippen molar-refractivity contribution in [3.8, 4) is 0 Å². The Morgan fingerprint density at radius 2 is 1.00 bits per heavy atom. The van der Waals surface area contributed by atoms with E-state index >= 15 is 0 Å². The van der Waals surface area contributed by atoms with Crippen LogP contribution in [0.25, 0.3) is 0 Å².